The fourth-order valence-electron chi connectivity index (χ4n) is 1.73. The highest BCUT2D eigenvalue weighted by molar-refractivity contribution is 8.13. The van der Waals surface area contributed by atoms with Crippen molar-refractivity contribution in [1.82, 2.24) is 0 Å². The van der Waals surface area contributed by atoms with Crippen LogP contribution in [0.1, 0.15) is 0 Å². The Kier molecular flexibility index (Phi) is 6.43. The summed E-state index contributed by atoms with van der Waals surface area (Å²) < 4.78 is 10.8. The van der Waals surface area contributed by atoms with Crippen LogP contribution in [-0.4, -0.2) is 24.6 Å². The lowest BCUT2D eigenvalue weighted by atomic mass is 10.3. The van der Waals surface area contributed by atoms with Gasteiger partial charge in [-0.05, 0) is 24.3 Å². The van der Waals surface area contributed by atoms with E-state index in [-0.39, 0.29) is 0 Å². The molecule has 0 aliphatic heterocycles. The second-order valence-corrected chi connectivity index (χ2v) is 5.77. The molecule has 0 amide bonds. The van der Waals surface area contributed by atoms with E-state index in [0.717, 1.165) is 0 Å². The van der Waals surface area contributed by atoms with Crippen LogP contribution in [0.15, 0.2) is 53.5 Å². The zero-order chi connectivity index (χ0) is 15.8. The highest BCUT2D eigenvalue weighted by Gasteiger charge is 2.03. The van der Waals surface area contributed by atoms with Crippen molar-refractivity contribution in [1.29, 1.82) is 0 Å². The van der Waals surface area contributed by atoms with Gasteiger partial charge in [0.2, 0.25) is 0 Å². The topological polar surface area (TPSA) is 56.8 Å². The number of methoxy groups -OCH3 is 1. The molecule has 2 rings (SSSR count). The average molecular weight is 337 g/mol. The summed E-state index contributed by atoms with van der Waals surface area (Å²) >= 11 is 7.43. The molecule has 0 saturated carbocycles. The van der Waals surface area contributed by atoms with Gasteiger partial charge in [0.1, 0.15) is 17.2 Å². The predicted molar refractivity (Wildman–Crippen MR) is 93.7 cm³/mol. The lowest BCUT2D eigenvalue weighted by molar-refractivity contribution is 0.344. The smallest absolute Gasteiger partial charge is 0.159 e. The summed E-state index contributed by atoms with van der Waals surface area (Å²) in [5, 5.41) is 1.07. The van der Waals surface area contributed by atoms with Gasteiger partial charge in [-0.3, -0.25) is 0 Å². The molecule has 0 aromatic heterocycles. The molecule has 22 heavy (non-hydrogen) atoms. The lowest BCUT2D eigenvalue weighted by Gasteiger charge is -2.08. The number of rotatable bonds is 6. The number of thioether (sulfide) groups is 1. The SMILES string of the molecule is COc1ccccc1N=C(N)SCCOc1ccccc1Cl. The molecule has 2 aromatic carbocycles. The largest absolute Gasteiger partial charge is 0.494 e. The molecule has 0 saturated heterocycles. The van der Waals surface area contributed by atoms with E-state index in [2.05, 4.69) is 4.99 Å². The molecule has 0 bridgehead atoms. The van der Waals surface area contributed by atoms with E-state index < -0.39 is 0 Å². The number of halogens is 1. The molecule has 2 N–H and O–H groups in total. The third-order valence-electron chi connectivity index (χ3n) is 2.74. The van der Waals surface area contributed by atoms with Crippen molar-refractivity contribution in [2.24, 2.45) is 10.7 Å². The van der Waals surface area contributed by atoms with Crippen molar-refractivity contribution >= 4 is 34.2 Å². The van der Waals surface area contributed by atoms with Crippen molar-refractivity contribution < 1.29 is 9.47 Å². The fraction of sp³-hybridized carbons (Fsp3) is 0.188. The third-order valence-corrected chi connectivity index (χ3v) is 3.81. The minimum Gasteiger partial charge on any atom is -0.494 e. The number of amidine groups is 1. The highest BCUT2D eigenvalue weighted by Crippen LogP contribution is 2.27. The van der Waals surface area contributed by atoms with Crippen LogP contribution in [-0.2, 0) is 0 Å². The maximum Gasteiger partial charge on any atom is 0.159 e. The molecule has 0 radical (unpaired) electrons. The van der Waals surface area contributed by atoms with Crippen molar-refractivity contribution in [2.45, 2.75) is 0 Å². The summed E-state index contributed by atoms with van der Waals surface area (Å²) in [6.07, 6.45) is 0. The number of ether oxygens (including phenoxy) is 2. The van der Waals surface area contributed by atoms with Crippen molar-refractivity contribution in [3.63, 3.8) is 0 Å². The van der Waals surface area contributed by atoms with Gasteiger partial charge in [-0.25, -0.2) is 4.99 Å². The number of aliphatic imine (C=N–C) groups is 1. The van der Waals surface area contributed by atoms with Crippen LogP contribution < -0.4 is 15.2 Å². The minimum atomic E-state index is 0.465. The highest BCUT2D eigenvalue weighted by atomic mass is 35.5. The molecule has 116 valence electrons. The van der Waals surface area contributed by atoms with E-state index in [0.29, 0.717) is 39.7 Å². The molecule has 0 spiro atoms. The van der Waals surface area contributed by atoms with Gasteiger partial charge in [-0.1, -0.05) is 47.6 Å². The number of hydrogen-bond donors (Lipinski definition) is 1. The first kappa shape index (κ1) is 16.5. The Morgan fingerprint density at radius 1 is 1.14 bits per heavy atom. The van der Waals surface area contributed by atoms with Crippen LogP contribution in [0.4, 0.5) is 5.69 Å². The summed E-state index contributed by atoms with van der Waals surface area (Å²) in [7, 11) is 1.61. The molecular weight excluding hydrogens is 320 g/mol. The van der Waals surface area contributed by atoms with Gasteiger partial charge in [0.15, 0.2) is 5.17 Å². The molecule has 0 atom stereocenters. The van der Waals surface area contributed by atoms with E-state index in [1.807, 2.05) is 42.5 Å². The molecule has 6 heteroatoms. The van der Waals surface area contributed by atoms with Crippen LogP contribution in [0, 0.1) is 0 Å². The summed E-state index contributed by atoms with van der Waals surface area (Å²) in [4.78, 5) is 4.34. The molecule has 0 heterocycles. The van der Waals surface area contributed by atoms with Crippen LogP contribution in [0.25, 0.3) is 0 Å². The van der Waals surface area contributed by atoms with Crippen LogP contribution >= 0.6 is 23.4 Å². The first-order chi connectivity index (χ1) is 10.7. The van der Waals surface area contributed by atoms with E-state index >= 15 is 0 Å². The first-order valence-corrected chi connectivity index (χ1v) is 8.04. The van der Waals surface area contributed by atoms with Gasteiger partial charge < -0.3 is 15.2 Å². The Labute approximate surface area is 139 Å². The van der Waals surface area contributed by atoms with E-state index in [9.17, 15) is 0 Å². The van der Waals surface area contributed by atoms with Crippen molar-refractivity contribution in [3.8, 4) is 11.5 Å². The number of benzene rings is 2. The minimum absolute atomic E-state index is 0.465. The molecule has 0 fully saturated rings. The predicted octanol–water partition coefficient (Wildman–Crippen LogP) is 4.11. The normalized spacial score (nSPS) is 11.3. The Bertz CT molecular complexity index is 650. The van der Waals surface area contributed by atoms with Gasteiger partial charge in [0, 0.05) is 5.75 Å². The number of para-hydroxylation sites is 3. The van der Waals surface area contributed by atoms with E-state index in [1.54, 1.807) is 13.2 Å². The number of nitrogens with two attached hydrogens (primary N) is 1. The molecule has 0 aliphatic rings. The van der Waals surface area contributed by atoms with Crippen molar-refractivity contribution in [2.75, 3.05) is 19.5 Å². The second-order valence-electron chi connectivity index (χ2n) is 4.25. The maximum absolute atomic E-state index is 6.01. The third kappa shape index (κ3) is 4.86. The van der Waals surface area contributed by atoms with Gasteiger partial charge in [-0.15, -0.1) is 0 Å². The fourth-order valence-corrected chi connectivity index (χ4v) is 2.46. The van der Waals surface area contributed by atoms with Gasteiger partial charge in [0.25, 0.3) is 0 Å². The molecule has 0 unspecified atom stereocenters. The molecule has 2 aromatic rings. The molecule has 4 nitrogen and oxygen atoms in total. The van der Waals surface area contributed by atoms with E-state index in [4.69, 9.17) is 26.8 Å². The van der Waals surface area contributed by atoms with Gasteiger partial charge >= 0.3 is 0 Å². The summed E-state index contributed by atoms with van der Waals surface area (Å²) in [6.45, 7) is 0.497. The Morgan fingerprint density at radius 2 is 1.82 bits per heavy atom. The number of nitrogens with zero attached hydrogens (tertiary/aromatic N) is 1. The number of hydrogen-bond acceptors (Lipinski definition) is 4. The summed E-state index contributed by atoms with van der Waals surface area (Å²) in [5.41, 5.74) is 6.62. The molecular formula is C16H17ClN2O2S. The lowest BCUT2D eigenvalue weighted by Crippen LogP contribution is -2.10. The van der Waals surface area contributed by atoms with Crippen LogP contribution in [0.2, 0.25) is 5.02 Å². The second kappa shape index (κ2) is 8.56. The van der Waals surface area contributed by atoms with Gasteiger partial charge in [0.05, 0.1) is 18.7 Å². The average Bonchev–Trinajstić information content (AvgIpc) is 2.53. The standard InChI is InChI=1S/C16H17ClN2O2S/c1-20-15-9-5-3-7-13(15)19-16(18)22-11-10-21-14-8-4-2-6-12(14)17/h2-9H,10-11H2,1H3,(H2,18,19). The summed E-state index contributed by atoms with van der Waals surface area (Å²) in [6, 6.07) is 14.8. The zero-order valence-electron chi connectivity index (χ0n) is 12.2. The van der Waals surface area contributed by atoms with Crippen molar-refractivity contribution in [3.05, 3.63) is 53.6 Å². The monoisotopic (exact) mass is 336 g/mol. The summed E-state index contributed by atoms with van der Waals surface area (Å²) in [5.74, 6) is 2.04. The van der Waals surface area contributed by atoms with E-state index in [1.165, 1.54) is 11.8 Å². The Balaban J connectivity index is 1.84. The van der Waals surface area contributed by atoms with Crippen LogP contribution in [0.5, 0.6) is 11.5 Å². The maximum atomic E-state index is 6.01. The molecule has 0 aliphatic carbocycles. The quantitative estimate of drug-likeness (QED) is 0.490. The zero-order valence-corrected chi connectivity index (χ0v) is 13.7. The Hall–Kier alpha value is -1.85. The van der Waals surface area contributed by atoms with Crippen LogP contribution in [0.3, 0.4) is 0 Å². The first-order valence-electron chi connectivity index (χ1n) is 6.68. The van der Waals surface area contributed by atoms with Gasteiger partial charge in [-0.2, -0.15) is 0 Å². The Morgan fingerprint density at radius 3 is 2.55 bits per heavy atom.